The average Bonchev–Trinajstić information content (AvgIpc) is 2.76. The Hall–Kier alpha value is -1.68. The summed E-state index contributed by atoms with van der Waals surface area (Å²) in [6.07, 6.45) is 2.86. The quantitative estimate of drug-likeness (QED) is 0.897. The molecule has 3 rings (SSSR count). The number of imidazole rings is 1. The molecule has 0 unspecified atom stereocenters. The van der Waals surface area contributed by atoms with Gasteiger partial charge in [0.05, 0.1) is 23.3 Å². The van der Waals surface area contributed by atoms with Crippen LogP contribution in [0.2, 0.25) is 0 Å². The Morgan fingerprint density at radius 1 is 1.32 bits per heavy atom. The van der Waals surface area contributed by atoms with E-state index in [0.717, 1.165) is 25.1 Å². The number of aromatic nitrogens is 2. The minimum Gasteiger partial charge on any atom is -0.328 e. The zero-order valence-electron chi connectivity index (χ0n) is 11.3. The molecule has 1 aromatic carbocycles. The summed E-state index contributed by atoms with van der Waals surface area (Å²) in [4.78, 5) is 4.51. The summed E-state index contributed by atoms with van der Waals surface area (Å²) < 4.78 is 15.1. The van der Waals surface area contributed by atoms with Gasteiger partial charge in [-0.3, -0.25) is 0 Å². The second-order valence-electron chi connectivity index (χ2n) is 5.60. The van der Waals surface area contributed by atoms with Crippen LogP contribution in [0, 0.1) is 5.82 Å². The summed E-state index contributed by atoms with van der Waals surface area (Å²) in [5, 5.41) is 3.52. The van der Waals surface area contributed by atoms with Gasteiger partial charge in [0.2, 0.25) is 0 Å². The second kappa shape index (κ2) is 4.46. The van der Waals surface area contributed by atoms with E-state index in [1.54, 1.807) is 0 Å². The van der Waals surface area contributed by atoms with Crippen molar-refractivity contribution >= 4 is 0 Å². The maximum Gasteiger partial charge on any atom is 0.123 e. The van der Waals surface area contributed by atoms with Crippen LogP contribution in [0.3, 0.4) is 0 Å². The van der Waals surface area contributed by atoms with Gasteiger partial charge in [0.25, 0.3) is 0 Å². The minimum atomic E-state index is -0.196. The SMILES string of the molecule is CC1(C)NCCc2ncn(Cc3ccc(F)cc3)c21. The lowest BCUT2D eigenvalue weighted by Crippen LogP contribution is -2.44. The zero-order chi connectivity index (χ0) is 13.5. The van der Waals surface area contributed by atoms with Gasteiger partial charge in [-0.15, -0.1) is 0 Å². The molecule has 3 nitrogen and oxygen atoms in total. The smallest absolute Gasteiger partial charge is 0.123 e. The Bertz CT molecular complexity index is 584. The van der Waals surface area contributed by atoms with Crippen LogP contribution in [0.25, 0.3) is 0 Å². The number of benzene rings is 1. The number of nitrogens with zero attached hydrogens (tertiary/aromatic N) is 2. The Balaban J connectivity index is 1.94. The molecule has 19 heavy (non-hydrogen) atoms. The lowest BCUT2D eigenvalue weighted by Gasteiger charge is -2.32. The van der Waals surface area contributed by atoms with Crippen molar-refractivity contribution in [2.45, 2.75) is 32.4 Å². The fraction of sp³-hybridized carbons (Fsp3) is 0.400. The molecular weight excluding hydrogens is 241 g/mol. The Morgan fingerprint density at radius 3 is 2.79 bits per heavy atom. The summed E-state index contributed by atoms with van der Waals surface area (Å²) >= 11 is 0. The average molecular weight is 259 g/mol. The first-order valence-corrected chi connectivity index (χ1v) is 6.60. The van der Waals surface area contributed by atoms with Crippen molar-refractivity contribution in [1.29, 1.82) is 0 Å². The van der Waals surface area contributed by atoms with Gasteiger partial charge in [-0.1, -0.05) is 12.1 Å². The van der Waals surface area contributed by atoms with Crippen LogP contribution in [-0.4, -0.2) is 16.1 Å². The third kappa shape index (κ3) is 2.28. The molecule has 0 fully saturated rings. The Morgan fingerprint density at radius 2 is 2.05 bits per heavy atom. The number of hydrogen-bond acceptors (Lipinski definition) is 2. The number of nitrogens with one attached hydrogen (secondary N) is 1. The van der Waals surface area contributed by atoms with Crippen LogP contribution in [-0.2, 0) is 18.5 Å². The van der Waals surface area contributed by atoms with Crippen LogP contribution in [0.1, 0.15) is 30.8 Å². The molecule has 0 aliphatic carbocycles. The molecule has 0 saturated heterocycles. The molecular formula is C15H18FN3. The van der Waals surface area contributed by atoms with E-state index in [2.05, 4.69) is 28.7 Å². The van der Waals surface area contributed by atoms with Crippen molar-refractivity contribution in [2.24, 2.45) is 0 Å². The second-order valence-corrected chi connectivity index (χ2v) is 5.60. The molecule has 100 valence electrons. The molecule has 2 aromatic rings. The number of hydrogen-bond donors (Lipinski definition) is 1. The molecule has 1 aromatic heterocycles. The van der Waals surface area contributed by atoms with E-state index in [-0.39, 0.29) is 11.4 Å². The standard InChI is InChI=1S/C15H18FN3/c1-15(2)14-13(7-8-18-15)17-10-19(14)9-11-3-5-12(16)6-4-11/h3-6,10,18H,7-9H2,1-2H3. The van der Waals surface area contributed by atoms with E-state index >= 15 is 0 Å². The largest absolute Gasteiger partial charge is 0.328 e. The van der Waals surface area contributed by atoms with E-state index < -0.39 is 0 Å². The molecule has 2 heterocycles. The monoisotopic (exact) mass is 259 g/mol. The highest BCUT2D eigenvalue weighted by atomic mass is 19.1. The molecule has 0 amide bonds. The van der Waals surface area contributed by atoms with Crippen LogP contribution in [0.15, 0.2) is 30.6 Å². The lowest BCUT2D eigenvalue weighted by molar-refractivity contribution is 0.357. The van der Waals surface area contributed by atoms with Gasteiger partial charge in [-0.2, -0.15) is 0 Å². The van der Waals surface area contributed by atoms with Gasteiger partial charge in [0.15, 0.2) is 0 Å². The van der Waals surface area contributed by atoms with Crippen molar-refractivity contribution in [3.05, 3.63) is 53.4 Å². The van der Waals surface area contributed by atoms with Gasteiger partial charge in [-0.05, 0) is 31.5 Å². The van der Waals surface area contributed by atoms with Gasteiger partial charge in [0, 0.05) is 19.5 Å². The third-order valence-electron chi connectivity index (χ3n) is 3.70. The van der Waals surface area contributed by atoms with E-state index in [1.165, 1.54) is 23.5 Å². The van der Waals surface area contributed by atoms with Crippen molar-refractivity contribution in [3.63, 3.8) is 0 Å². The highest BCUT2D eigenvalue weighted by Crippen LogP contribution is 2.27. The van der Waals surface area contributed by atoms with E-state index in [4.69, 9.17) is 0 Å². The minimum absolute atomic E-state index is 0.0654. The van der Waals surface area contributed by atoms with E-state index in [1.807, 2.05) is 18.5 Å². The number of rotatable bonds is 2. The number of fused-ring (bicyclic) bond motifs is 1. The van der Waals surface area contributed by atoms with Crippen molar-refractivity contribution in [2.75, 3.05) is 6.54 Å². The van der Waals surface area contributed by atoms with Gasteiger partial charge in [0.1, 0.15) is 5.82 Å². The maximum atomic E-state index is 12.9. The van der Waals surface area contributed by atoms with Crippen molar-refractivity contribution in [3.8, 4) is 0 Å². The molecule has 4 heteroatoms. The fourth-order valence-corrected chi connectivity index (χ4v) is 2.81. The molecule has 0 radical (unpaired) electrons. The van der Waals surface area contributed by atoms with Crippen LogP contribution >= 0.6 is 0 Å². The first kappa shape index (κ1) is 12.4. The zero-order valence-corrected chi connectivity index (χ0v) is 11.3. The summed E-state index contributed by atoms with van der Waals surface area (Å²) in [6.45, 7) is 6.04. The summed E-state index contributed by atoms with van der Waals surface area (Å²) in [7, 11) is 0. The van der Waals surface area contributed by atoms with Crippen molar-refractivity contribution in [1.82, 2.24) is 14.9 Å². The Labute approximate surface area is 112 Å². The van der Waals surface area contributed by atoms with Crippen molar-refractivity contribution < 1.29 is 4.39 Å². The van der Waals surface area contributed by atoms with E-state index in [9.17, 15) is 4.39 Å². The normalized spacial score (nSPS) is 17.2. The predicted molar refractivity (Wildman–Crippen MR) is 72.5 cm³/mol. The highest BCUT2D eigenvalue weighted by molar-refractivity contribution is 5.27. The molecule has 1 aliphatic rings. The highest BCUT2D eigenvalue weighted by Gasteiger charge is 2.31. The van der Waals surface area contributed by atoms with Gasteiger partial charge >= 0.3 is 0 Å². The fourth-order valence-electron chi connectivity index (χ4n) is 2.81. The third-order valence-corrected chi connectivity index (χ3v) is 3.70. The maximum absolute atomic E-state index is 12.9. The number of halogens is 1. The van der Waals surface area contributed by atoms with E-state index in [0.29, 0.717) is 0 Å². The Kier molecular flexibility index (Phi) is 2.90. The molecule has 1 N–H and O–H groups in total. The van der Waals surface area contributed by atoms with Gasteiger partial charge in [-0.25, -0.2) is 9.37 Å². The summed E-state index contributed by atoms with van der Waals surface area (Å²) in [5.74, 6) is -0.196. The molecule has 0 spiro atoms. The molecule has 0 bridgehead atoms. The first-order valence-electron chi connectivity index (χ1n) is 6.60. The summed E-state index contributed by atoms with van der Waals surface area (Å²) in [6, 6.07) is 6.65. The first-order chi connectivity index (χ1) is 9.06. The van der Waals surface area contributed by atoms with Gasteiger partial charge < -0.3 is 9.88 Å². The van der Waals surface area contributed by atoms with Crippen LogP contribution in [0.5, 0.6) is 0 Å². The lowest BCUT2D eigenvalue weighted by atomic mass is 9.93. The predicted octanol–water partition coefficient (Wildman–Crippen LogP) is 2.45. The van der Waals surface area contributed by atoms with Crippen LogP contribution in [0.4, 0.5) is 4.39 Å². The molecule has 0 saturated carbocycles. The summed E-state index contributed by atoms with van der Waals surface area (Å²) in [5.41, 5.74) is 3.43. The van der Waals surface area contributed by atoms with Crippen LogP contribution < -0.4 is 5.32 Å². The topological polar surface area (TPSA) is 29.9 Å². The molecule has 1 aliphatic heterocycles. The molecule has 0 atom stereocenters.